The third-order valence-corrected chi connectivity index (χ3v) is 2.82. The van der Waals surface area contributed by atoms with Crippen molar-refractivity contribution in [1.82, 2.24) is 9.55 Å². The summed E-state index contributed by atoms with van der Waals surface area (Å²) in [5, 5.41) is 10.6. The summed E-state index contributed by atoms with van der Waals surface area (Å²) < 4.78 is 38.1. The zero-order chi connectivity index (χ0) is 16.5. The minimum atomic E-state index is -4.48. The fourth-order valence-corrected chi connectivity index (χ4v) is 1.74. The van der Waals surface area contributed by atoms with Crippen LogP contribution in [0, 0.1) is 10.1 Å². The van der Waals surface area contributed by atoms with Crippen LogP contribution < -0.4 is 11.2 Å². The van der Waals surface area contributed by atoms with Crippen molar-refractivity contribution in [2.75, 3.05) is 0 Å². The second-order valence-electron chi connectivity index (χ2n) is 4.35. The minimum Gasteiger partial charge on any atom is -0.289 e. The summed E-state index contributed by atoms with van der Waals surface area (Å²) in [5.74, 6) is 0. The van der Waals surface area contributed by atoms with Crippen LogP contribution in [-0.2, 0) is 12.7 Å². The van der Waals surface area contributed by atoms with Crippen LogP contribution in [-0.4, -0.2) is 14.5 Å². The molecule has 0 spiro atoms. The molecule has 0 radical (unpaired) electrons. The van der Waals surface area contributed by atoms with Crippen molar-refractivity contribution in [1.29, 1.82) is 0 Å². The summed E-state index contributed by atoms with van der Waals surface area (Å²) in [7, 11) is 0. The number of hydrogen-bond acceptors (Lipinski definition) is 4. The summed E-state index contributed by atoms with van der Waals surface area (Å²) >= 11 is 0. The molecule has 0 atom stereocenters. The summed E-state index contributed by atoms with van der Waals surface area (Å²) in [4.78, 5) is 34.2. The first kappa shape index (κ1) is 15.5. The van der Waals surface area contributed by atoms with Gasteiger partial charge in [-0.05, 0) is 17.7 Å². The van der Waals surface area contributed by atoms with E-state index >= 15 is 0 Å². The summed E-state index contributed by atoms with van der Waals surface area (Å²) in [6.45, 7) is -0.214. The molecule has 1 aromatic carbocycles. The van der Waals surface area contributed by atoms with E-state index in [0.717, 1.165) is 35.0 Å². The van der Waals surface area contributed by atoms with E-state index in [0.29, 0.717) is 5.56 Å². The van der Waals surface area contributed by atoms with E-state index in [9.17, 15) is 32.9 Å². The molecular formula is C12H8F3N3O4. The van der Waals surface area contributed by atoms with Crippen LogP contribution in [0.1, 0.15) is 11.1 Å². The Morgan fingerprint density at radius 1 is 1.18 bits per heavy atom. The van der Waals surface area contributed by atoms with E-state index < -0.39 is 33.6 Å². The first-order chi connectivity index (χ1) is 10.2. The van der Waals surface area contributed by atoms with E-state index in [2.05, 4.69) is 0 Å². The molecule has 0 unspecified atom stereocenters. The molecular weight excluding hydrogens is 307 g/mol. The van der Waals surface area contributed by atoms with Crippen molar-refractivity contribution in [2.24, 2.45) is 0 Å². The highest BCUT2D eigenvalue weighted by molar-refractivity contribution is 5.26. The van der Waals surface area contributed by atoms with Crippen LogP contribution in [0.2, 0.25) is 0 Å². The molecule has 0 aliphatic carbocycles. The molecule has 0 aliphatic heterocycles. The quantitative estimate of drug-likeness (QED) is 0.685. The number of rotatable bonds is 3. The molecule has 0 saturated carbocycles. The minimum absolute atomic E-state index is 0.214. The monoisotopic (exact) mass is 315 g/mol. The summed E-state index contributed by atoms with van der Waals surface area (Å²) in [6, 6.07) is 3.96. The molecule has 0 amide bonds. The van der Waals surface area contributed by atoms with Crippen molar-refractivity contribution in [3.05, 3.63) is 72.5 Å². The Bertz CT molecular complexity index is 821. The molecule has 2 rings (SSSR count). The second-order valence-corrected chi connectivity index (χ2v) is 4.35. The number of hydrogen-bond donors (Lipinski definition) is 1. The Labute approximate surface area is 119 Å². The highest BCUT2D eigenvalue weighted by atomic mass is 19.4. The third kappa shape index (κ3) is 3.22. The SMILES string of the molecule is O=c1[nH]c(=O)n(Cc2ccc(C(F)(F)F)cc2)cc1[N+](=O)[O-]. The number of nitrogens with zero attached hydrogens (tertiary/aromatic N) is 2. The summed E-state index contributed by atoms with van der Waals surface area (Å²) in [5.41, 5.74) is -3.40. The maximum Gasteiger partial charge on any atom is 0.416 e. The fraction of sp³-hybridized carbons (Fsp3) is 0.167. The average Bonchev–Trinajstić information content (AvgIpc) is 2.41. The van der Waals surface area contributed by atoms with Crippen LogP contribution in [0.4, 0.5) is 18.9 Å². The predicted molar refractivity (Wildman–Crippen MR) is 68.5 cm³/mol. The van der Waals surface area contributed by atoms with Gasteiger partial charge in [-0.15, -0.1) is 0 Å². The standard InChI is InChI=1S/C12H8F3N3O4/c13-12(14,15)8-3-1-7(2-4-8)5-17-6-9(18(21)22)10(19)16-11(17)20/h1-4,6H,5H2,(H,16,19,20). The van der Waals surface area contributed by atoms with Crippen molar-refractivity contribution in [2.45, 2.75) is 12.7 Å². The Morgan fingerprint density at radius 2 is 1.77 bits per heavy atom. The molecule has 0 saturated heterocycles. The number of halogens is 3. The van der Waals surface area contributed by atoms with Gasteiger partial charge in [-0.2, -0.15) is 13.2 Å². The molecule has 0 bridgehead atoms. The number of nitrogens with one attached hydrogen (secondary N) is 1. The maximum atomic E-state index is 12.4. The molecule has 0 fully saturated rings. The molecule has 10 heteroatoms. The lowest BCUT2D eigenvalue weighted by Crippen LogP contribution is -2.31. The lowest BCUT2D eigenvalue weighted by Gasteiger charge is -2.08. The van der Waals surface area contributed by atoms with Crippen LogP contribution in [0.5, 0.6) is 0 Å². The normalized spacial score (nSPS) is 11.4. The molecule has 1 aromatic heterocycles. The van der Waals surface area contributed by atoms with Gasteiger partial charge in [0.2, 0.25) is 0 Å². The second kappa shape index (κ2) is 5.47. The predicted octanol–water partition coefficient (Wildman–Crippen LogP) is 1.51. The van der Waals surface area contributed by atoms with Gasteiger partial charge in [-0.25, -0.2) is 4.79 Å². The molecule has 0 aliphatic rings. The Morgan fingerprint density at radius 3 is 2.27 bits per heavy atom. The molecule has 116 valence electrons. The molecule has 22 heavy (non-hydrogen) atoms. The van der Waals surface area contributed by atoms with Gasteiger partial charge in [0.15, 0.2) is 0 Å². The van der Waals surface area contributed by atoms with Gasteiger partial charge in [0.1, 0.15) is 0 Å². The average molecular weight is 315 g/mol. The van der Waals surface area contributed by atoms with E-state index in [4.69, 9.17) is 0 Å². The largest absolute Gasteiger partial charge is 0.416 e. The van der Waals surface area contributed by atoms with Crippen molar-refractivity contribution < 1.29 is 18.1 Å². The van der Waals surface area contributed by atoms with E-state index in [-0.39, 0.29) is 6.54 Å². The first-order valence-electron chi connectivity index (χ1n) is 5.83. The van der Waals surface area contributed by atoms with Gasteiger partial charge in [-0.1, -0.05) is 12.1 Å². The lowest BCUT2D eigenvalue weighted by molar-refractivity contribution is -0.386. The number of nitro groups is 1. The third-order valence-electron chi connectivity index (χ3n) is 2.82. The number of H-pyrrole nitrogens is 1. The van der Waals surface area contributed by atoms with Crippen molar-refractivity contribution >= 4 is 5.69 Å². The van der Waals surface area contributed by atoms with Crippen LogP contribution in [0.3, 0.4) is 0 Å². The van der Waals surface area contributed by atoms with Crippen LogP contribution >= 0.6 is 0 Å². The van der Waals surface area contributed by atoms with Gasteiger partial charge < -0.3 is 0 Å². The highest BCUT2D eigenvalue weighted by Gasteiger charge is 2.29. The van der Waals surface area contributed by atoms with Crippen LogP contribution in [0.15, 0.2) is 40.1 Å². The summed E-state index contributed by atoms with van der Waals surface area (Å²) in [6.07, 6.45) is -3.73. The van der Waals surface area contributed by atoms with E-state index in [1.807, 2.05) is 0 Å². The number of aromatic nitrogens is 2. The van der Waals surface area contributed by atoms with Gasteiger partial charge >= 0.3 is 23.1 Å². The Kier molecular flexibility index (Phi) is 3.85. The first-order valence-corrected chi connectivity index (χ1v) is 5.83. The molecule has 1 N–H and O–H groups in total. The number of aromatic amines is 1. The van der Waals surface area contributed by atoms with Gasteiger partial charge in [0.25, 0.3) is 0 Å². The molecule has 2 aromatic rings. The lowest BCUT2D eigenvalue weighted by atomic mass is 10.1. The van der Waals surface area contributed by atoms with Gasteiger partial charge in [0.05, 0.1) is 23.2 Å². The highest BCUT2D eigenvalue weighted by Crippen LogP contribution is 2.29. The van der Waals surface area contributed by atoms with Crippen molar-refractivity contribution in [3.63, 3.8) is 0 Å². The zero-order valence-corrected chi connectivity index (χ0v) is 10.8. The molecule has 1 heterocycles. The Balaban J connectivity index is 2.35. The number of alkyl halides is 3. The fourth-order valence-electron chi connectivity index (χ4n) is 1.74. The van der Waals surface area contributed by atoms with Gasteiger partial charge in [0, 0.05) is 0 Å². The maximum absolute atomic E-state index is 12.4. The van der Waals surface area contributed by atoms with Crippen molar-refractivity contribution in [3.8, 4) is 0 Å². The smallest absolute Gasteiger partial charge is 0.289 e. The van der Waals surface area contributed by atoms with Crippen LogP contribution in [0.25, 0.3) is 0 Å². The molecule has 7 nitrogen and oxygen atoms in total. The van der Waals surface area contributed by atoms with E-state index in [1.54, 1.807) is 4.98 Å². The Hall–Kier alpha value is -2.91. The van der Waals surface area contributed by atoms with Gasteiger partial charge in [-0.3, -0.25) is 24.5 Å². The van der Waals surface area contributed by atoms with E-state index in [1.165, 1.54) is 0 Å². The zero-order valence-electron chi connectivity index (χ0n) is 10.8. The number of benzene rings is 1. The topological polar surface area (TPSA) is 98.0 Å².